The first-order valence-corrected chi connectivity index (χ1v) is 15.5. The summed E-state index contributed by atoms with van der Waals surface area (Å²) in [6.45, 7) is 8.75. The van der Waals surface area contributed by atoms with Gasteiger partial charge in [-0.15, -0.1) is 23.6 Å². The zero-order valence-corrected chi connectivity index (χ0v) is 28.8. The maximum Gasteiger partial charge on any atom is 2.00 e. The van der Waals surface area contributed by atoms with Gasteiger partial charge in [0.2, 0.25) is 5.69 Å². The summed E-state index contributed by atoms with van der Waals surface area (Å²) in [4.78, 5) is 4.80. The van der Waals surface area contributed by atoms with Crippen molar-refractivity contribution in [3.8, 4) is 17.3 Å². The summed E-state index contributed by atoms with van der Waals surface area (Å²) in [6.07, 6.45) is 1.89. The molecule has 0 spiro atoms. The van der Waals surface area contributed by atoms with E-state index in [1.54, 1.807) is 0 Å². The van der Waals surface area contributed by atoms with Gasteiger partial charge in [0, 0.05) is 47.5 Å². The van der Waals surface area contributed by atoms with Crippen LogP contribution in [0, 0.1) is 19.1 Å². The molecule has 7 aromatic rings. The molecular weight excluding hydrogens is 760 g/mol. The van der Waals surface area contributed by atoms with Gasteiger partial charge < -0.3 is 9.30 Å². The molecule has 2 aromatic heterocycles. The van der Waals surface area contributed by atoms with Gasteiger partial charge in [-0.05, 0) is 46.1 Å². The maximum absolute atomic E-state index is 6.45. The van der Waals surface area contributed by atoms with E-state index in [1.807, 2.05) is 41.1 Å². The summed E-state index contributed by atoms with van der Waals surface area (Å²) in [7, 11) is 0. The average Bonchev–Trinajstić information content (AvgIpc) is 3.61. The van der Waals surface area contributed by atoms with E-state index in [0.29, 0.717) is 11.5 Å². The van der Waals surface area contributed by atoms with E-state index in [4.69, 9.17) is 9.72 Å². The van der Waals surface area contributed by atoms with Gasteiger partial charge in [-0.3, -0.25) is 0 Å². The van der Waals surface area contributed by atoms with E-state index in [0.717, 1.165) is 50.4 Å². The Bertz CT molecular complexity index is 2370. The Balaban J connectivity index is 0.00000351. The van der Waals surface area contributed by atoms with E-state index >= 15 is 0 Å². The molecule has 230 valence electrons. The number of pyridine rings is 1. The van der Waals surface area contributed by atoms with E-state index < -0.39 is 0 Å². The zero-order valence-electron chi connectivity index (χ0n) is 26.6. The predicted molar refractivity (Wildman–Crippen MR) is 187 cm³/mol. The third-order valence-corrected chi connectivity index (χ3v) is 8.47. The number of ether oxygens (including phenoxy) is 1. The van der Waals surface area contributed by atoms with Crippen LogP contribution in [0.15, 0.2) is 121 Å². The van der Waals surface area contributed by atoms with E-state index in [-0.39, 0.29) is 26.5 Å². The van der Waals surface area contributed by atoms with Crippen LogP contribution in [0.3, 0.4) is 0 Å². The van der Waals surface area contributed by atoms with Crippen LogP contribution in [0.2, 0.25) is 0 Å². The van der Waals surface area contributed by atoms with Gasteiger partial charge in [-0.1, -0.05) is 91.0 Å². The first kappa shape index (κ1) is 30.6. The fraction of sp³-hybridized carbons (Fsp3) is 0.122. The number of aryl methyl sites for hydroxylation is 1. The van der Waals surface area contributed by atoms with E-state index in [9.17, 15) is 0 Å². The van der Waals surface area contributed by atoms with Gasteiger partial charge in [0.05, 0.1) is 0 Å². The Morgan fingerprint density at radius 1 is 0.723 bits per heavy atom. The van der Waals surface area contributed by atoms with Crippen LogP contribution < -0.4 is 13.9 Å². The topological polar surface area (TPSA) is 33.1 Å². The fourth-order valence-electron chi connectivity index (χ4n) is 6.05. The summed E-state index contributed by atoms with van der Waals surface area (Å²) in [5.74, 6) is 2.06. The molecular formula is C41H32N4OPt+2. The second kappa shape index (κ2) is 11.9. The van der Waals surface area contributed by atoms with Crippen molar-refractivity contribution in [1.82, 2.24) is 18.7 Å². The number of nitrogens with zero attached hydrogens (tertiary/aromatic N) is 4. The second-order valence-corrected chi connectivity index (χ2v) is 12.7. The standard InChI is InChI=1S/C41H32N4O.Pt/c1-28-16-18-30(19-17-28)43-27-44(38-15-8-7-14-37(38)43)31-10-9-11-32(25-31)46-33-20-21-35-34-12-5-6-13-36(34)45(39(35)26-33)40-24-29(22-23-42-40)41(2,3)4;/h5-24H,1-4H3;/q;+2. The molecule has 1 aliphatic rings. The van der Waals surface area contributed by atoms with Crippen molar-refractivity contribution in [3.63, 3.8) is 0 Å². The van der Waals surface area contributed by atoms with Crippen LogP contribution in [0.1, 0.15) is 31.9 Å². The molecule has 8 rings (SSSR count). The number of aromatic nitrogens is 2. The second-order valence-electron chi connectivity index (χ2n) is 12.7. The van der Waals surface area contributed by atoms with Gasteiger partial charge in [0.1, 0.15) is 11.5 Å². The van der Waals surface area contributed by atoms with Crippen molar-refractivity contribution < 1.29 is 25.8 Å². The molecule has 6 heteroatoms. The number of fused-ring (bicyclic) bond motifs is 4. The minimum absolute atomic E-state index is 0. The van der Waals surface area contributed by atoms with Crippen molar-refractivity contribution in [3.05, 3.63) is 145 Å². The van der Waals surface area contributed by atoms with Crippen molar-refractivity contribution >= 4 is 50.6 Å². The molecule has 0 bridgehead atoms. The third-order valence-electron chi connectivity index (χ3n) is 8.47. The Morgan fingerprint density at radius 2 is 1.45 bits per heavy atom. The van der Waals surface area contributed by atoms with Crippen LogP contribution in [0.25, 0.3) is 27.6 Å². The molecule has 5 aromatic carbocycles. The molecule has 47 heavy (non-hydrogen) atoms. The molecule has 1 aliphatic heterocycles. The molecule has 0 atom stereocenters. The monoisotopic (exact) mass is 791 g/mol. The number of rotatable bonds is 5. The Morgan fingerprint density at radius 3 is 2.23 bits per heavy atom. The number of hydrogen-bond donors (Lipinski definition) is 0. The van der Waals surface area contributed by atoms with Crippen LogP contribution in [-0.4, -0.2) is 15.6 Å². The summed E-state index contributed by atoms with van der Waals surface area (Å²) in [6, 6.07) is 50.0. The van der Waals surface area contributed by atoms with Crippen LogP contribution >= 0.6 is 0 Å². The van der Waals surface area contributed by atoms with Gasteiger partial charge >= 0.3 is 27.1 Å². The number of benzene rings is 5. The molecule has 0 fully saturated rings. The summed E-state index contributed by atoms with van der Waals surface area (Å²) in [5.41, 5.74) is 8.40. The van der Waals surface area contributed by atoms with Crippen molar-refractivity contribution in [2.24, 2.45) is 0 Å². The minimum atomic E-state index is -0.00281. The summed E-state index contributed by atoms with van der Waals surface area (Å²) >= 11 is 0. The predicted octanol–water partition coefficient (Wildman–Crippen LogP) is 10.0. The van der Waals surface area contributed by atoms with Crippen molar-refractivity contribution in [2.45, 2.75) is 33.1 Å². The van der Waals surface area contributed by atoms with Crippen LogP contribution in [0.4, 0.5) is 22.7 Å². The van der Waals surface area contributed by atoms with Gasteiger partial charge in [-0.2, -0.15) is 12.1 Å². The quantitative estimate of drug-likeness (QED) is 0.129. The minimum Gasteiger partial charge on any atom is -0.509 e. The van der Waals surface area contributed by atoms with E-state index in [2.05, 4.69) is 140 Å². The number of para-hydroxylation sites is 3. The molecule has 0 saturated carbocycles. The molecule has 0 amide bonds. The maximum atomic E-state index is 6.45. The smallest absolute Gasteiger partial charge is 0.509 e. The fourth-order valence-corrected chi connectivity index (χ4v) is 6.05. The Hall–Kier alpha value is -5.08. The summed E-state index contributed by atoms with van der Waals surface area (Å²) < 4.78 is 12.7. The first-order valence-electron chi connectivity index (χ1n) is 15.5. The molecule has 0 saturated heterocycles. The number of hydrogen-bond acceptors (Lipinski definition) is 2. The average molecular weight is 792 g/mol. The van der Waals surface area contributed by atoms with Crippen molar-refractivity contribution in [1.29, 1.82) is 0 Å². The molecule has 3 heterocycles. The first-order chi connectivity index (χ1) is 22.3. The van der Waals surface area contributed by atoms with Gasteiger partial charge in [0.15, 0.2) is 0 Å². The Kier molecular flexibility index (Phi) is 7.76. The normalized spacial score (nSPS) is 12.4. The van der Waals surface area contributed by atoms with Crippen molar-refractivity contribution in [2.75, 3.05) is 0 Å². The molecule has 0 unspecified atom stereocenters. The van der Waals surface area contributed by atoms with Gasteiger partial charge in [-0.25, -0.2) is 4.98 Å². The molecule has 0 aliphatic carbocycles. The third kappa shape index (κ3) is 5.52. The van der Waals surface area contributed by atoms with E-state index in [1.165, 1.54) is 11.1 Å². The Labute approximate surface area is 289 Å². The van der Waals surface area contributed by atoms with Gasteiger partial charge in [0.25, 0.3) is 11.4 Å². The van der Waals surface area contributed by atoms with Crippen LogP contribution in [0.5, 0.6) is 11.5 Å². The summed E-state index contributed by atoms with van der Waals surface area (Å²) in [5, 5.41) is 2.24. The molecule has 5 nitrogen and oxygen atoms in total. The molecule has 0 radical (unpaired) electrons. The zero-order chi connectivity index (χ0) is 31.4. The molecule has 0 N–H and O–H groups in total. The largest absolute Gasteiger partial charge is 2.00 e. The SMILES string of the molecule is Cc1ccc([N+]2=C=[N+](c3[c-]c(Oc4[c-]c5c(cc4)c4ccccc4n5-c4cc(C(C)(C)C)ccn4)ccc3)c3ccccc32)cc1.[Pt+2]. The van der Waals surface area contributed by atoms with Crippen LogP contribution in [-0.2, 0) is 26.5 Å².